The molecule has 0 spiro atoms. The van der Waals surface area contributed by atoms with Crippen molar-refractivity contribution in [3.63, 3.8) is 0 Å². The van der Waals surface area contributed by atoms with Crippen molar-refractivity contribution >= 4 is 35.5 Å². The Morgan fingerprint density at radius 2 is 1.60 bits per heavy atom. The van der Waals surface area contributed by atoms with Crippen molar-refractivity contribution in [2.45, 2.75) is 99.0 Å². The minimum atomic E-state index is -1.11. The van der Waals surface area contributed by atoms with Gasteiger partial charge in [-0.05, 0) is 59.0 Å². The van der Waals surface area contributed by atoms with Crippen molar-refractivity contribution in [3.8, 4) is 0 Å². The molecule has 2 heterocycles. The second-order valence-corrected chi connectivity index (χ2v) is 15.3. The molecule has 2 saturated carbocycles. The molecule has 1 aromatic heterocycles. The van der Waals surface area contributed by atoms with E-state index in [2.05, 4.69) is 16.0 Å². The molecule has 1 aromatic rings. The second-order valence-electron chi connectivity index (χ2n) is 15.3. The Kier molecular flexibility index (Phi) is 9.16. The number of carbonyl (C=O) groups excluding carboxylic acids is 6. The molecule has 5 amide bonds. The van der Waals surface area contributed by atoms with Crippen molar-refractivity contribution in [1.82, 2.24) is 20.9 Å². The summed E-state index contributed by atoms with van der Waals surface area (Å²) in [6.45, 7) is 15.0. The summed E-state index contributed by atoms with van der Waals surface area (Å²) >= 11 is 0. The molecule has 248 valence electrons. The van der Waals surface area contributed by atoms with Gasteiger partial charge >= 0.3 is 12.0 Å². The van der Waals surface area contributed by atoms with E-state index in [1.54, 1.807) is 53.7 Å². The number of ketones is 1. The number of fused-ring (bicyclic) bond motifs is 1. The van der Waals surface area contributed by atoms with Crippen LogP contribution >= 0.6 is 0 Å². The van der Waals surface area contributed by atoms with Gasteiger partial charge in [0.05, 0.1) is 6.26 Å². The standard InChI is InChI=1S/C32H47N5O8/c1-30(2,3)23(35-29(43)36-24(31(4,5)6)28(42)45-15-17-10-9-13-44-17)27(41)37-14-18-19(32(18,7)8)21(37)26(40)34-20(16-11-12-16)22(38)25(33)39/h9-10,13,16,18-21,23-24H,11-12,14-15H2,1-8H3,(H2,33,39)(H,34,40)(H2,35,36,43)/t18-,19-,20?,21-,23+,24+/m0/s1. The third kappa shape index (κ3) is 7.33. The maximum absolute atomic E-state index is 14.2. The number of nitrogens with two attached hydrogens (primary N) is 1. The number of urea groups is 1. The van der Waals surface area contributed by atoms with Crippen LogP contribution in [-0.4, -0.2) is 71.1 Å². The van der Waals surface area contributed by atoms with E-state index in [-0.39, 0.29) is 29.8 Å². The van der Waals surface area contributed by atoms with Crippen molar-refractivity contribution in [3.05, 3.63) is 24.2 Å². The summed E-state index contributed by atoms with van der Waals surface area (Å²) in [6.07, 6.45) is 2.84. The van der Waals surface area contributed by atoms with E-state index in [0.29, 0.717) is 25.1 Å². The fraction of sp³-hybridized carbons (Fsp3) is 0.688. The molecular weight excluding hydrogens is 582 g/mol. The topological polar surface area (TPSA) is 190 Å². The minimum Gasteiger partial charge on any atom is -0.466 e. The van der Waals surface area contributed by atoms with Crippen LogP contribution in [0.1, 0.15) is 74.0 Å². The number of rotatable bonds is 11. The van der Waals surface area contributed by atoms with E-state index in [9.17, 15) is 28.8 Å². The number of amides is 5. The van der Waals surface area contributed by atoms with Crippen LogP contribution in [0.3, 0.4) is 0 Å². The van der Waals surface area contributed by atoms with Crippen molar-refractivity contribution in [1.29, 1.82) is 0 Å². The first-order valence-corrected chi connectivity index (χ1v) is 15.5. The van der Waals surface area contributed by atoms with E-state index in [1.165, 1.54) is 11.2 Å². The third-order valence-corrected chi connectivity index (χ3v) is 9.38. The molecule has 3 fully saturated rings. The average molecular weight is 630 g/mol. The number of furan rings is 1. The molecule has 1 aliphatic heterocycles. The highest BCUT2D eigenvalue weighted by Gasteiger charge is 2.70. The van der Waals surface area contributed by atoms with Gasteiger partial charge in [-0.15, -0.1) is 0 Å². The van der Waals surface area contributed by atoms with Crippen LogP contribution in [0.4, 0.5) is 4.79 Å². The summed E-state index contributed by atoms with van der Waals surface area (Å²) < 4.78 is 10.6. The van der Waals surface area contributed by atoms with Crippen LogP contribution < -0.4 is 21.7 Å². The molecule has 5 N–H and O–H groups in total. The van der Waals surface area contributed by atoms with Gasteiger partial charge in [-0.2, -0.15) is 0 Å². The van der Waals surface area contributed by atoms with Gasteiger partial charge in [0.2, 0.25) is 17.6 Å². The number of nitrogens with zero attached hydrogens (tertiary/aromatic N) is 1. The summed E-state index contributed by atoms with van der Waals surface area (Å²) in [5.41, 5.74) is 3.53. The largest absolute Gasteiger partial charge is 0.466 e. The van der Waals surface area contributed by atoms with Crippen LogP contribution in [0.5, 0.6) is 0 Å². The first-order chi connectivity index (χ1) is 20.7. The predicted octanol–water partition coefficient (Wildman–Crippen LogP) is 1.88. The van der Waals surface area contributed by atoms with E-state index in [4.69, 9.17) is 14.9 Å². The van der Waals surface area contributed by atoms with Crippen LogP contribution in [-0.2, 0) is 35.3 Å². The number of hydrogen-bond donors (Lipinski definition) is 4. The van der Waals surface area contributed by atoms with Gasteiger partial charge in [0.25, 0.3) is 5.91 Å². The first kappa shape index (κ1) is 34.0. The average Bonchev–Trinajstić information content (AvgIpc) is 3.67. The van der Waals surface area contributed by atoms with Gasteiger partial charge in [0.1, 0.15) is 36.5 Å². The van der Waals surface area contributed by atoms with Crippen LogP contribution in [0, 0.1) is 34.0 Å². The normalized spacial score (nSPS) is 24.0. The lowest BCUT2D eigenvalue weighted by molar-refractivity contribution is -0.150. The molecule has 0 aromatic carbocycles. The number of carbonyl (C=O) groups is 6. The second kappa shape index (κ2) is 12.1. The number of piperidine rings is 1. The Bertz CT molecular complexity index is 1340. The third-order valence-electron chi connectivity index (χ3n) is 9.38. The molecule has 6 atom stereocenters. The number of likely N-dealkylation sites (tertiary alicyclic amines) is 1. The van der Waals surface area contributed by atoms with E-state index >= 15 is 0 Å². The Balaban J connectivity index is 1.50. The summed E-state index contributed by atoms with van der Waals surface area (Å²) in [4.78, 5) is 80.0. The highest BCUT2D eigenvalue weighted by Crippen LogP contribution is 2.65. The SMILES string of the molecule is CC(C)(C)[C@H](NC(=O)N[C@H](C(=O)N1C[C@H]2[C@@H]([C@H]1C(=O)NC(C(=O)C(N)=O)C1CC1)C2(C)C)C(C)(C)C)C(=O)OCc1ccco1. The zero-order valence-electron chi connectivity index (χ0n) is 27.4. The predicted molar refractivity (Wildman–Crippen MR) is 162 cm³/mol. The number of ether oxygens (including phenoxy) is 1. The lowest BCUT2D eigenvalue weighted by Crippen LogP contribution is -2.62. The highest BCUT2D eigenvalue weighted by atomic mass is 16.5. The zero-order valence-corrected chi connectivity index (χ0v) is 27.4. The molecule has 13 heteroatoms. The van der Waals surface area contributed by atoms with Crippen molar-refractivity contribution in [2.75, 3.05) is 6.54 Å². The summed E-state index contributed by atoms with van der Waals surface area (Å²) in [7, 11) is 0. The van der Waals surface area contributed by atoms with Gasteiger partial charge in [-0.25, -0.2) is 9.59 Å². The number of hydrogen-bond acceptors (Lipinski definition) is 8. The lowest BCUT2D eigenvalue weighted by Gasteiger charge is -2.38. The highest BCUT2D eigenvalue weighted by molar-refractivity contribution is 6.38. The van der Waals surface area contributed by atoms with E-state index in [1.807, 2.05) is 13.8 Å². The lowest BCUT2D eigenvalue weighted by atomic mass is 9.85. The molecule has 4 rings (SSSR count). The molecule has 2 aliphatic carbocycles. The summed E-state index contributed by atoms with van der Waals surface area (Å²) in [6, 6.07) is -1.46. The van der Waals surface area contributed by atoms with Gasteiger partial charge in [-0.1, -0.05) is 55.4 Å². The van der Waals surface area contributed by atoms with Gasteiger partial charge in [0, 0.05) is 6.54 Å². The molecule has 1 unspecified atom stereocenters. The molecule has 1 saturated heterocycles. The first-order valence-electron chi connectivity index (χ1n) is 15.5. The number of Topliss-reactive ketones (excluding diaryl/α,β-unsaturated/α-hetero) is 1. The van der Waals surface area contributed by atoms with Crippen molar-refractivity contribution in [2.24, 2.45) is 39.7 Å². The Hall–Kier alpha value is -3.90. The summed E-state index contributed by atoms with van der Waals surface area (Å²) in [5.74, 6) is -3.44. The Morgan fingerprint density at radius 1 is 1.00 bits per heavy atom. The maximum Gasteiger partial charge on any atom is 0.329 e. The fourth-order valence-electron chi connectivity index (χ4n) is 6.40. The van der Waals surface area contributed by atoms with Gasteiger partial charge < -0.3 is 35.7 Å². The molecular formula is C32H47N5O8. The monoisotopic (exact) mass is 629 g/mol. The van der Waals surface area contributed by atoms with E-state index < -0.39 is 70.5 Å². The number of nitrogens with one attached hydrogen (secondary N) is 3. The maximum atomic E-state index is 14.2. The number of esters is 1. The Labute approximate surface area is 263 Å². The van der Waals surface area contributed by atoms with E-state index in [0.717, 1.165) is 0 Å². The number of primary amides is 1. The molecule has 0 radical (unpaired) electrons. The quantitative estimate of drug-likeness (QED) is 0.211. The Morgan fingerprint density at radius 3 is 2.11 bits per heavy atom. The summed E-state index contributed by atoms with van der Waals surface area (Å²) in [5, 5.41) is 8.18. The van der Waals surface area contributed by atoms with Crippen LogP contribution in [0.25, 0.3) is 0 Å². The minimum absolute atomic E-state index is 0.0482. The molecule has 3 aliphatic rings. The molecule has 0 bridgehead atoms. The van der Waals surface area contributed by atoms with Crippen molar-refractivity contribution < 1.29 is 37.9 Å². The van der Waals surface area contributed by atoms with Crippen LogP contribution in [0.15, 0.2) is 22.8 Å². The zero-order chi connectivity index (χ0) is 33.6. The van der Waals surface area contributed by atoms with Gasteiger partial charge in [0.15, 0.2) is 0 Å². The fourth-order valence-corrected chi connectivity index (χ4v) is 6.40. The van der Waals surface area contributed by atoms with Gasteiger partial charge in [-0.3, -0.25) is 19.2 Å². The van der Waals surface area contributed by atoms with Crippen LogP contribution in [0.2, 0.25) is 0 Å². The molecule has 45 heavy (non-hydrogen) atoms. The molecule has 13 nitrogen and oxygen atoms in total. The smallest absolute Gasteiger partial charge is 0.329 e.